The molecule has 1 aliphatic heterocycles. The fourth-order valence-corrected chi connectivity index (χ4v) is 6.47. The smallest absolute Gasteiger partial charge is 0.246 e. The molecule has 2 aliphatic carbocycles. The molecule has 7 atom stereocenters. The van der Waals surface area contributed by atoms with Crippen molar-refractivity contribution in [3.05, 3.63) is 23.8 Å². The molecule has 0 spiro atoms. The SMILES string of the molecule is COCC(=O)N[C@H]1CC[C@]2(C)CC[C@@H]([C@H](C)C(=O)NCc3ccc4c(c3)OCO4)[C@H](O)[C@H]2[C@@H]1C. The van der Waals surface area contributed by atoms with Crippen LogP contribution >= 0.6 is 0 Å². The molecule has 3 N–H and O–H groups in total. The number of carbonyl (C=O) groups is 2. The Hall–Kier alpha value is -2.32. The van der Waals surface area contributed by atoms with Crippen LogP contribution in [0, 0.1) is 29.1 Å². The minimum Gasteiger partial charge on any atom is -0.454 e. The highest BCUT2D eigenvalue weighted by atomic mass is 16.7. The second kappa shape index (κ2) is 10.1. The molecule has 1 aromatic carbocycles. The number of hydrogen-bond donors (Lipinski definition) is 3. The van der Waals surface area contributed by atoms with E-state index in [4.69, 9.17) is 14.2 Å². The highest BCUT2D eigenvalue weighted by Crippen LogP contribution is 2.55. The van der Waals surface area contributed by atoms with Crippen LogP contribution in [0.25, 0.3) is 0 Å². The number of aliphatic hydroxyl groups excluding tert-OH is 1. The van der Waals surface area contributed by atoms with Gasteiger partial charge in [0.05, 0.1) is 6.10 Å². The number of aliphatic hydroxyl groups is 1. The summed E-state index contributed by atoms with van der Waals surface area (Å²) in [6.45, 7) is 6.94. The minimum absolute atomic E-state index is 0.00395. The summed E-state index contributed by atoms with van der Waals surface area (Å²) in [5.41, 5.74) is 0.956. The number of nitrogens with one attached hydrogen (secondary N) is 2. The highest BCUT2D eigenvalue weighted by Gasteiger charge is 2.53. The molecule has 0 aromatic heterocycles. The van der Waals surface area contributed by atoms with Gasteiger partial charge in [0.25, 0.3) is 0 Å². The molecule has 2 fully saturated rings. The van der Waals surface area contributed by atoms with Gasteiger partial charge in [0.15, 0.2) is 11.5 Å². The third-order valence-electron chi connectivity index (χ3n) is 8.47. The third-order valence-corrected chi connectivity index (χ3v) is 8.47. The number of ether oxygens (including phenoxy) is 3. The van der Waals surface area contributed by atoms with E-state index in [2.05, 4.69) is 24.5 Å². The molecular formula is C26H38N2O6. The highest BCUT2D eigenvalue weighted by molar-refractivity contribution is 5.79. The molecule has 34 heavy (non-hydrogen) atoms. The Bertz CT molecular complexity index is 907. The van der Waals surface area contributed by atoms with Gasteiger partial charge in [-0.2, -0.15) is 0 Å². The zero-order valence-corrected chi connectivity index (χ0v) is 20.6. The van der Waals surface area contributed by atoms with E-state index in [1.807, 2.05) is 25.1 Å². The minimum atomic E-state index is -0.595. The van der Waals surface area contributed by atoms with E-state index in [0.717, 1.165) is 37.0 Å². The average molecular weight is 475 g/mol. The number of benzene rings is 1. The molecule has 8 heteroatoms. The van der Waals surface area contributed by atoms with Crippen molar-refractivity contribution in [1.29, 1.82) is 0 Å². The summed E-state index contributed by atoms with van der Waals surface area (Å²) in [7, 11) is 1.51. The van der Waals surface area contributed by atoms with Crippen molar-refractivity contribution in [1.82, 2.24) is 10.6 Å². The molecule has 0 bridgehead atoms. The monoisotopic (exact) mass is 474 g/mol. The second-order valence-electron chi connectivity index (χ2n) is 10.6. The quantitative estimate of drug-likeness (QED) is 0.561. The number of fused-ring (bicyclic) bond motifs is 2. The van der Waals surface area contributed by atoms with E-state index < -0.39 is 6.10 Å². The molecule has 2 saturated carbocycles. The van der Waals surface area contributed by atoms with E-state index in [-0.39, 0.29) is 60.3 Å². The zero-order chi connectivity index (χ0) is 24.5. The first-order chi connectivity index (χ1) is 16.2. The molecule has 1 aromatic rings. The van der Waals surface area contributed by atoms with Crippen molar-refractivity contribution in [2.45, 2.75) is 65.1 Å². The summed E-state index contributed by atoms with van der Waals surface area (Å²) < 4.78 is 15.7. The van der Waals surface area contributed by atoms with E-state index in [9.17, 15) is 14.7 Å². The summed E-state index contributed by atoms with van der Waals surface area (Å²) in [6, 6.07) is 5.66. The van der Waals surface area contributed by atoms with E-state index in [1.165, 1.54) is 7.11 Å². The van der Waals surface area contributed by atoms with Crippen LogP contribution in [0.1, 0.15) is 52.0 Å². The van der Waals surface area contributed by atoms with Gasteiger partial charge in [-0.25, -0.2) is 0 Å². The number of amides is 2. The lowest BCUT2D eigenvalue weighted by Crippen LogP contribution is -2.58. The van der Waals surface area contributed by atoms with Crippen LogP contribution in [0.2, 0.25) is 0 Å². The molecule has 2 amide bonds. The normalized spacial score (nSPS) is 33.0. The fourth-order valence-electron chi connectivity index (χ4n) is 6.47. The molecule has 0 saturated heterocycles. The summed E-state index contributed by atoms with van der Waals surface area (Å²) in [5, 5.41) is 17.6. The van der Waals surface area contributed by atoms with Crippen LogP contribution in [-0.2, 0) is 20.9 Å². The van der Waals surface area contributed by atoms with Gasteiger partial charge in [-0.15, -0.1) is 0 Å². The molecule has 0 unspecified atom stereocenters. The molecule has 3 aliphatic rings. The predicted molar refractivity (Wildman–Crippen MR) is 126 cm³/mol. The Kier molecular flexibility index (Phi) is 7.38. The predicted octanol–water partition coefficient (Wildman–Crippen LogP) is 2.62. The van der Waals surface area contributed by atoms with Gasteiger partial charge in [-0.3, -0.25) is 9.59 Å². The first-order valence-corrected chi connectivity index (χ1v) is 12.4. The summed E-state index contributed by atoms with van der Waals surface area (Å²) in [5.74, 6) is 0.934. The molecule has 0 radical (unpaired) electrons. The molecule has 188 valence electrons. The third kappa shape index (κ3) is 4.89. The molecular weight excluding hydrogens is 436 g/mol. The average Bonchev–Trinajstić information content (AvgIpc) is 3.27. The van der Waals surface area contributed by atoms with E-state index in [0.29, 0.717) is 12.3 Å². The van der Waals surface area contributed by atoms with Crippen LogP contribution < -0.4 is 20.1 Å². The largest absolute Gasteiger partial charge is 0.454 e. The van der Waals surface area contributed by atoms with Gasteiger partial charge in [-0.1, -0.05) is 26.8 Å². The maximum Gasteiger partial charge on any atom is 0.246 e. The van der Waals surface area contributed by atoms with Crippen molar-refractivity contribution in [2.75, 3.05) is 20.5 Å². The lowest BCUT2D eigenvalue weighted by atomic mass is 9.51. The number of methoxy groups -OCH3 is 1. The molecule has 1 heterocycles. The summed E-state index contributed by atoms with van der Waals surface area (Å²) >= 11 is 0. The van der Waals surface area contributed by atoms with Crippen molar-refractivity contribution < 1.29 is 28.9 Å². The maximum absolute atomic E-state index is 13.0. The first kappa shape index (κ1) is 24.8. The van der Waals surface area contributed by atoms with Crippen molar-refractivity contribution in [3.8, 4) is 11.5 Å². The van der Waals surface area contributed by atoms with Crippen LogP contribution in [0.4, 0.5) is 0 Å². The zero-order valence-electron chi connectivity index (χ0n) is 20.6. The lowest BCUT2D eigenvalue weighted by Gasteiger charge is -2.56. The second-order valence-corrected chi connectivity index (χ2v) is 10.6. The van der Waals surface area contributed by atoms with Gasteiger partial charge in [-0.05, 0) is 66.5 Å². The van der Waals surface area contributed by atoms with Gasteiger partial charge >= 0.3 is 0 Å². The van der Waals surface area contributed by atoms with Crippen molar-refractivity contribution in [2.24, 2.45) is 29.1 Å². The maximum atomic E-state index is 13.0. The lowest BCUT2D eigenvalue weighted by molar-refractivity contribution is -0.144. The van der Waals surface area contributed by atoms with Crippen LogP contribution in [0.3, 0.4) is 0 Å². The standard InChI is InChI=1S/C26H38N2O6/c1-15(25(31)27-12-17-5-6-20-21(11-17)34-14-33-20)18-7-9-26(3)10-8-19(28-22(29)13-32-4)16(2)23(26)24(18)30/h5-6,11,15-16,18-19,23-24,30H,7-10,12-14H2,1-4H3,(H,27,31)(H,28,29)/t15-,16+,18-,19-,23+,24-,26-/m0/s1. The van der Waals surface area contributed by atoms with Crippen molar-refractivity contribution in [3.63, 3.8) is 0 Å². The Morgan fingerprint density at radius 2 is 1.97 bits per heavy atom. The van der Waals surface area contributed by atoms with E-state index in [1.54, 1.807) is 0 Å². The van der Waals surface area contributed by atoms with E-state index >= 15 is 0 Å². The van der Waals surface area contributed by atoms with Gasteiger partial charge < -0.3 is 30.0 Å². The van der Waals surface area contributed by atoms with Crippen LogP contribution in [0.5, 0.6) is 11.5 Å². The Labute approximate surface area is 201 Å². The molecule has 4 rings (SSSR count). The summed E-state index contributed by atoms with van der Waals surface area (Å²) in [6.07, 6.45) is 3.05. The Morgan fingerprint density at radius 1 is 1.24 bits per heavy atom. The summed E-state index contributed by atoms with van der Waals surface area (Å²) in [4.78, 5) is 25.2. The van der Waals surface area contributed by atoms with Gasteiger partial charge in [0.1, 0.15) is 6.61 Å². The first-order valence-electron chi connectivity index (χ1n) is 12.4. The Morgan fingerprint density at radius 3 is 2.74 bits per heavy atom. The topological polar surface area (TPSA) is 106 Å². The number of rotatable bonds is 7. The Balaban J connectivity index is 1.39. The van der Waals surface area contributed by atoms with Gasteiger partial charge in [0, 0.05) is 25.6 Å². The fraction of sp³-hybridized carbons (Fsp3) is 0.692. The number of carbonyl (C=O) groups excluding carboxylic acids is 2. The van der Waals surface area contributed by atoms with Gasteiger partial charge in [0.2, 0.25) is 18.6 Å². The van der Waals surface area contributed by atoms with Crippen molar-refractivity contribution >= 4 is 11.8 Å². The molecule has 8 nitrogen and oxygen atoms in total. The van der Waals surface area contributed by atoms with Crippen LogP contribution in [-0.4, -0.2) is 49.6 Å². The number of hydrogen-bond acceptors (Lipinski definition) is 6. The van der Waals surface area contributed by atoms with Crippen LogP contribution in [0.15, 0.2) is 18.2 Å².